The number of hydrogen-bond donors (Lipinski definition) is 7. The minimum absolute atomic E-state index is 0.0107. The SMILES string of the molecule is CO[C@H]1/C=C/O[C@@]2(C)Oc3c(C)c(O)c4c(O)c(c5c(c4c3C2=O)NC2C=C(C)C=CN52)NC(=O)/C(C)=C\C=C\[C@H](C)[C@H](O)[C@@H](C)[C@@H](O)[C@@H](C)[C@](O)(OC(C)=O)[C@@H]1C. The number of ketones is 1. The van der Waals surface area contributed by atoms with E-state index in [1.54, 1.807) is 50.9 Å². The van der Waals surface area contributed by atoms with Gasteiger partial charge < -0.3 is 60.0 Å². The molecule has 312 valence electrons. The van der Waals surface area contributed by atoms with Crippen LogP contribution in [0.25, 0.3) is 10.8 Å². The number of carbonyl (C=O) groups is 3. The summed E-state index contributed by atoms with van der Waals surface area (Å²) < 4.78 is 23.4. The minimum atomic E-state index is -2.33. The van der Waals surface area contributed by atoms with Gasteiger partial charge in [0, 0.05) is 61.4 Å². The third kappa shape index (κ3) is 6.89. The molecule has 0 spiro atoms. The van der Waals surface area contributed by atoms with E-state index in [9.17, 15) is 39.9 Å². The van der Waals surface area contributed by atoms with E-state index in [1.165, 1.54) is 40.0 Å². The maximum atomic E-state index is 14.6. The van der Waals surface area contributed by atoms with Gasteiger partial charge in [-0.25, -0.2) is 0 Å². The molecule has 6 rings (SSSR count). The van der Waals surface area contributed by atoms with E-state index < -0.39 is 83.1 Å². The van der Waals surface area contributed by atoms with Crippen LogP contribution >= 0.6 is 0 Å². The van der Waals surface area contributed by atoms with Crippen molar-refractivity contribution in [3.05, 3.63) is 71.2 Å². The summed E-state index contributed by atoms with van der Waals surface area (Å²) >= 11 is 0. The second-order valence-electron chi connectivity index (χ2n) is 15.9. The van der Waals surface area contributed by atoms with Gasteiger partial charge in [-0.15, -0.1) is 0 Å². The van der Waals surface area contributed by atoms with Gasteiger partial charge in [-0.2, -0.15) is 0 Å². The number of benzene rings is 2. The predicted octanol–water partition coefficient (Wildman–Crippen LogP) is 5.40. The zero-order valence-electron chi connectivity index (χ0n) is 34.3. The molecule has 1 unspecified atom stereocenters. The Morgan fingerprint density at radius 2 is 1.66 bits per heavy atom. The maximum Gasteiger partial charge on any atom is 0.312 e. The molecule has 15 nitrogen and oxygen atoms in total. The van der Waals surface area contributed by atoms with E-state index in [0.717, 1.165) is 18.8 Å². The van der Waals surface area contributed by atoms with Crippen molar-refractivity contribution in [3.8, 4) is 17.2 Å². The fraction of sp³-hybridized carbons (Fsp3) is 0.465. The molecular formula is C43H53N3O12. The first-order chi connectivity index (χ1) is 27.2. The Morgan fingerprint density at radius 1 is 0.966 bits per heavy atom. The van der Waals surface area contributed by atoms with Gasteiger partial charge in [-0.3, -0.25) is 14.4 Å². The lowest BCUT2D eigenvalue weighted by Gasteiger charge is -2.43. The number of rotatable bonds is 2. The van der Waals surface area contributed by atoms with Crippen molar-refractivity contribution in [1.29, 1.82) is 0 Å². The van der Waals surface area contributed by atoms with Gasteiger partial charge in [0.2, 0.25) is 5.79 Å². The molecule has 7 N–H and O–H groups in total. The van der Waals surface area contributed by atoms with E-state index in [-0.39, 0.29) is 44.7 Å². The van der Waals surface area contributed by atoms with E-state index in [0.29, 0.717) is 11.4 Å². The number of aliphatic hydroxyl groups is 3. The van der Waals surface area contributed by atoms with Crippen LogP contribution < -0.4 is 20.3 Å². The van der Waals surface area contributed by atoms with Crippen molar-refractivity contribution >= 4 is 45.5 Å². The van der Waals surface area contributed by atoms with E-state index >= 15 is 0 Å². The van der Waals surface area contributed by atoms with Crippen molar-refractivity contribution in [3.63, 3.8) is 0 Å². The topological polar surface area (TPSA) is 217 Å². The number of aliphatic hydroxyl groups excluding tert-OH is 2. The number of allylic oxidation sites excluding steroid dienone is 4. The van der Waals surface area contributed by atoms with Crippen LogP contribution in [0.15, 0.2) is 60.1 Å². The molecule has 0 aliphatic carbocycles. The van der Waals surface area contributed by atoms with Gasteiger partial charge in [-0.05, 0) is 44.6 Å². The summed E-state index contributed by atoms with van der Waals surface area (Å²) in [4.78, 5) is 42.6. The zero-order valence-corrected chi connectivity index (χ0v) is 34.3. The molecule has 4 aliphatic heterocycles. The summed E-state index contributed by atoms with van der Waals surface area (Å²) in [6.07, 6.45) is 8.82. The summed E-state index contributed by atoms with van der Waals surface area (Å²) in [5.74, 6) is -10.9. The highest BCUT2D eigenvalue weighted by Gasteiger charge is 2.52. The maximum absolute atomic E-state index is 14.6. The third-order valence-electron chi connectivity index (χ3n) is 12.0. The Hall–Kier alpha value is -5.35. The van der Waals surface area contributed by atoms with Gasteiger partial charge in [0.05, 0.1) is 52.8 Å². The number of nitrogens with one attached hydrogen (secondary N) is 2. The number of phenols is 2. The van der Waals surface area contributed by atoms with Gasteiger partial charge in [-0.1, -0.05) is 45.9 Å². The van der Waals surface area contributed by atoms with Crippen molar-refractivity contribution < 1.29 is 58.9 Å². The Labute approximate surface area is 336 Å². The molecule has 0 saturated carbocycles. The van der Waals surface area contributed by atoms with Crippen LogP contribution in [0.5, 0.6) is 17.2 Å². The molecule has 0 fully saturated rings. The Morgan fingerprint density at radius 3 is 2.31 bits per heavy atom. The molecule has 58 heavy (non-hydrogen) atoms. The minimum Gasteiger partial charge on any atom is -0.507 e. The molecular weight excluding hydrogens is 750 g/mol. The Balaban J connectivity index is 1.55. The van der Waals surface area contributed by atoms with Crippen LogP contribution in [-0.2, 0) is 23.8 Å². The fourth-order valence-electron chi connectivity index (χ4n) is 8.28. The number of esters is 1. The predicted molar refractivity (Wildman–Crippen MR) is 216 cm³/mol. The number of phenolic OH excluding ortho intramolecular Hbond substituents is 2. The number of Topliss-reactive ketones (excluding diaryl/α,β-unsaturated/α-hetero) is 1. The highest BCUT2D eigenvalue weighted by molar-refractivity contribution is 6.27. The van der Waals surface area contributed by atoms with Crippen LogP contribution in [-0.4, -0.2) is 86.4 Å². The van der Waals surface area contributed by atoms with Crippen molar-refractivity contribution in [1.82, 2.24) is 0 Å². The standard InChI is InChI=1S/C43H53N3O12/c1-19-14-16-46-28(18-19)44-32-29-30-37(50)23(5)39-31(29)40(52)42(9,58-39)56-17-15-27(55-10)24(6)43(54,57-26(8)47)25(7)36(49)22(4)35(48)20(2)12-11-13-21(3)41(53)45-33(34(32)46)38(30)51/h11-18,20,22,24-25,27-28,35-36,44,48-51,54H,1-10H3,(H,45,53)/b12-11+,17-15+,21-13-/t20-,22+,24+,25+,27-,28?,35-,36+,42-,43+/m0/s1. The molecule has 4 aliphatic rings. The lowest BCUT2D eigenvalue weighted by Crippen LogP contribution is -2.56. The van der Waals surface area contributed by atoms with Gasteiger partial charge in [0.25, 0.3) is 11.7 Å². The van der Waals surface area contributed by atoms with Crippen LogP contribution in [0.2, 0.25) is 0 Å². The first-order valence-corrected chi connectivity index (χ1v) is 19.2. The lowest BCUT2D eigenvalue weighted by molar-refractivity contribution is -0.278. The van der Waals surface area contributed by atoms with Crippen molar-refractivity contribution in [2.75, 3.05) is 22.6 Å². The molecule has 0 saturated heterocycles. The number of nitrogens with zero attached hydrogens (tertiary/aromatic N) is 1. The van der Waals surface area contributed by atoms with Gasteiger partial charge >= 0.3 is 11.8 Å². The van der Waals surface area contributed by atoms with Crippen molar-refractivity contribution in [2.45, 2.75) is 98.4 Å². The number of hydrogen-bond acceptors (Lipinski definition) is 14. The molecule has 0 aromatic heterocycles. The number of carbonyl (C=O) groups excluding carboxylic acids is 3. The lowest BCUT2D eigenvalue weighted by atomic mass is 9.76. The molecule has 0 radical (unpaired) electrons. The van der Waals surface area contributed by atoms with Gasteiger partial charge in [0.1, 0.15) is 23.4 Å². The summed E-state index contributed by atoms with van der Waals surface area (Å²) in [6, 6.07) is 0. The molecule has 1 amide bonds. The number of ether oxygens (including phenoxy) is 4. The Bertz CT molecular complexity index is 2210. The molecule has 4 heterocycles. The molecule has 10 atom stereocenters. The number of methoxy groups -OCH3 is 1. The normalized spacial score (nSPS) is 34.5. The molecule has 2 aromatic rings. The highest BCUT2D eigenvalue weighted by atomic mass is 16.7. The van der Waals surface area contributed by atoms with Crippen LogP contribution in [0, 0.1) is 30.6 Å². The van der Waals surface area contributed by atoms with Crippen LogP contribution in [0.1, 0.15) is 71.3 Å². The number of aromatic hydroxyl groups is 2. The summed E-state index contributed by atoms with van der Waals surface area (Å²) in [5.41, 5.74) is 1.98. The Kier molecular flexibility index (Phi) is 11.2. The largest absolute Gasteiger partial charge is 0.507 e. The number of fused-ring (bicyclic) bond motifs is 2. The fourth-order valence-corrected chi connectivity index (χ4v) is 8.28. The van der Waals surface area contributed by atoms with E-state index in [2.05, 4.69) is 10.6 Å². The first-order valence-electron chi connectivity index (χ1n) is 19.2. The highest BCUT2D eigenvalue weighted by Crippen LogP contribution is 2.59. The summed E-state index contributed by atoms with van der Waals surface area (Å²) in [7, 11) is 1.36. The smallest absolute Gasteiger partial charge is 0.312 e. The second kappa shape index (κ2) is 15.4. The molecule has 2 aromatic carbocycles. The average molecular weight is 804 g/mol. The number of amides is 1. The summed E-state index contributed by atoms with van der Waals surface area (Å²) in [6.45, 7) is 13.9. The summed E-state index contributed by atoms with van der Waals surface area (Å²) in [5, 5.41) is 65.0. The van der Waals surface area contributed by atoms with E-state index in [4.69, 9.17) is 18.9 Å². The molecule has 4 bridgehead atoms. The quantitative estimate of drug-likeness (QED) is 0.0876. The van der Waals surface area contributed by atoms with Crippen molar-refractivity contribution in [2.24, 2.45) is 23.7 Å². The zero-order chi connectivity index (χ0) is 42.8. The monoisotopic (exact) mass is 803 g/mol. The average Bonchev–Trinajstić information content (AvgIpc) is 3.67. The van der Waals surface area contributed by atoms with Crippen LogP contribution in [0.4, 0.5) is 17.1 Å². The number of anilines is 3. The van der Waals surface area contributed by atoms with Crippen LogP contribution in [0.3, 0.4) is 0 Å². The third-order valence-corrected chi connectivity index (χ3v) is 12.0. The van der Waals surface area contributed by atoms with E-state index in [1.807, 2.05) is 19.1 Å². The first kappa shape index (κ1) is 42.3. The van der Waals surface area contributed by atoms with Gasteiger partial charge in [0.15, 0.2) is 5.75 Å². The molecule has 15 heteroatoms. The second-order valence-corrected chi connectivity index (χ2v) is 15.9.